The van der Waals surface area contributed by atoms with E-state index in [-0.39, 0.29) is 18.7 Å². The Morgan fingerprint density at radius 3 is 2.26 bits per heavy atom. The molecule has 250 valence electrons. The Morgan fingerprint density at radius 2 is 1.57 bits per heavy atom. The number of fused-ring (bicyclic) bond motifs is 4. The minimum absolute atomic E-state index is 0.0311. The number of anilines is 1. The zero-order valence-corrected chi connectivity index (χ0v) is 32.8. The number of benzene rings is 3. The molecule has 0 bridgehead atoms. The SMILES string of the molecule is CCC[CH2][Sn]([CH2]CCC)([CH2]CCC)[c]1ccc(C(=O)NCCc2ccc3c(c2)C2C=CCC2C(c2cc4c(cc2Br)OCO4)N3)cc1. The number of allylic oxidation sites excluding steroid dienone is 2. The zero-order chi connectivity index (χ0) is 32.8. The number of amides is 1. The van der Waals surface area contributed by atoms with Crippen LogP contribution in [-0.2, 0) is 6.42 Å². The summed E-state index contributed by atoms with van der Waals surface area (Å²) in [5.74, 6) is 2.41. The summed E-state index contributed by atoms with van der Waals surface area (Å²) in [6.45, 7) is 7.87. The van der Waals surface area contributed by atoms with Gasteiger partial charge in [-0.05, 0) is 30.0 Å². The van der Waals surface area contributed by atoms with Crippen LogP contribution in [0.3, 0.4) is 0 Å². The van der Waals surface area contributed by atoms with Gasteiger partial charge in [0.25, 0.3) is 0 Å². The molecule has 3 aromatic carbocycles. The van der Waals surface area contributed by atoms with Gasteiger partial charge in [0, 0.05) is 4.47 Å². The van der Waals surface area contributed by atoms with Crippen molar-refractivity contribution in [1.29, 1.82) is 0 Å². The summed E-state index contributed by atoms with van der Waals surface area (Å²) in [6.07, 6.45) is 14.4. The second-order valence-electron chi connectivity index (χ2n) is 13.8. The van der Waals surface area contributed by atoms with E-state index in [1.807, 2.05) is 6.07 Å². The molecule has 2 aliphatic heterocycles. The van der Waals surface area contributed by atoms with Gasteiger partial charge in [-0.1, -0.05) is 28.1 Å². The van der Waals surface area contributed by atoms with Crippen LogP contribution in [0.25, 0.3) is 0 Å². The maximum atomic E-state index is 13.2. The fourth-order valence-corrected chi connectivity index (χ4v) is 24.5. The van der Waals surface area contributed by atoms with Crippen LogP contribution in [0.15, 0.2) is 71.2 Å². The Balaban J connectivity index is 1.10. The average Bonchev–Trinajstić information content (AvgIpc) is 3.78. The van der Waals surface area contributed by atoms with Gasteiger partial charge in [-0.25, -0.2) is 0 Å². The summed E-state index contributed by atoms with van der Waals surface area (Å²) in [4.78, 5) is 13.2. The number of hydrogen-bond acceptors (Lipinski definition) is 4. The van der Waals surface area contributed by atoms with Crippen molar-refractivity contribution in [1.82, 2.24) is 5.32 Å². The number of ether oxygens (including phenoxy) is 2. The van der Waals surface area contributed by atoms with Gasteiger partial charge in [0.05, 0.1) is 6.04 Å². The first-order chi connectivity index (χ1) is 23.0. The molecule has 3 aromatic rings. The van der Waals surface area contributed by atoms with Gasteiger partial charge in [-0.2, -0.15) is 0 Å². The van der Waals surface area contributed by atoms with Gasteiger partial charge in [0.15, 0.2) is 11.5 Å². The van der Waals surface area contributed by atoms with Gasteiger partial charge in [-0.15, -0.1) is 0 Å². The Labute approximate surface area is 294 Å². The van der Waals surface area contributed by atoms with Crippen molar-refractivity contribution >= 4 is 49.5 Å². The first-order valence-corrected chi connectivity index (χ1v) is 26.3. The summed E-state index contributed by atoms with van der Waals surface area (Å²) in [5, 5.41) is 7.07. The van der Waals surface area contributed by atoms with E-state index in [0.29, 0.717) is 18.4 Å². The van der Waals surface area contributed by atoms with E-state index < -0.39 is 18.4 Å². The van der Waals surface area contributed by atoms with Crippen molar-refractivity contribution in [3.63, 3.8) is 0 Å². The molecular formula is C40H51BrN2O3Sn. The molecule has 2 N–H and O–H groups in total. The number of carbonyl (C=O) groups excluding carboxylic acids is 1. The normalized spacial score (nSPS) is 19.3. The monoisotopic (exact) mass is 806 g/mol. The number of rotatable bonds is 15. The summed E-state index contributed by atoms with van der Waals surface area (Å²) in [6, 6.07) is 20.0. The van der Waals surface area contributed by atoms with Gasteiger partial charge in [-0.3, -0.25) is 0 Å². The van der Waals surface area contributed by atoms with E-state index in [1.165, 1.54) is 74.2 Å². The third kappa shape index (κ3) is 7.59. The predicted octanol–water partition coefficient (Wildman–Crippen LogP) is 10.0. The second kappa shape index (κ2) is 15.8. The molecule has 3 aliphatic rings. The molecule has 3 atom stereocenters. The molecule has 7 heteroatoms. The Bertz CT molecular complexity index is 1550. The van der Waals surface area contributed by atoms with Crippen LogP contribution in [0, 0.1) is 5.92 Å². The van der Waals surface area contributed by atoms with E-state index >= 15 is 0 Å². The van der Waals surface area contributed by atoms with Crippen molar-refractivity contribution in [3.05, 3.63) is 93.5 Å². The molecule has 0 fully saturated rings. The molecule has 0 saturated heterocycles. The van der Waals surface area contributed by atoms with Crippen molar-refractivity contribution in [2.45, 2.75) is 97.4 Å². The maximum absolute atomic E-state index is 13.2. The summed E-state index contributed by atoms with van der Waals surface area (Å²) in [5.41, 5.74) is 5.77. The minimum atomic E-state index is -2.49. The van der Waals surface area contributed by atoms with Crippen molar-refractivity contribution in [2.75, 3.05) is 18.7 Å². The van der Waals surface area contributed by atoms with E-state index in [4.69, 9.17) is 9.47 Å². The van der Waals surface area contributed by atoms with Crippen LogP contribution in [0.4, 0.5) is 5.69 Å². The topological polar surface area (TPSA) is 59.6 Å². The van der Waals surface area contributed by atoms with E-state index in [1.54, 1.807) is 3.58 Å². The number of nitrogens with one attached hydrogen (secondary N) is 2. The molecule has 1 amide bonds. The van der Waals surface area contributed by atoms with Gasteiger partial charge in [0.1, 0.15) is 0 Å². The van der Waals surface area contributed by atoms with Crippen LogP contribution in [-0.4, -0.2) is 37.6 Å². The van der Waals surface area contributed by atoms with Gasteiger partial charge in [0.2, 0.25) is 6.79 Å². The van der Waals surface area contributed by atoms with Crippen molar-refractivity contribution in [3.8, 4) is 11.5 Å². The standard InChI is InChI=1S/C28H24BrN2O3.3C4H9.Sn/c29-23-15-26-25(33-16-34-26)14-22(23)27-20-8-4-7-19(20)21-13-17(9-10-24(21)31-27)11-12-30-28(32)18-5-2-1-3-6-18;3*1-3-4-2;/h2-7,9-10,13-15,19-20,27,31H,8,11-12,16H2,(H,30,32);3*1,3-4H2,2H3;. The van der Waals surface area contributed by atoms with Gasteiger partial charge < -0.3 is 14.8 Å². The summed E-state index contributed by atoms with van der Waals surface area (Å²) < 4.78 is 18.3. The molecule has 0 saturated carbocycles. The Kier molecular flexibility index (Phi) is 11.6. The molecule has 6 rings (SSSR count). The number of hydrogen-bond donors (Lipinski definition) is 2. The zero-order valence-electron chi connectivity index (χ0n) is 28.4. The summed E-state index contributed by atoms with van der Waals surface area (Å²) >= 11 is 1.31. The Hall–Kier alpha value is -2.45. The fraction of sp³-hybridized carbons (Fsp3) is 0.475. The number of carbonyl (C=O) groups is 1. The first kappa shape index (κ1) is 34.4. The molecular weight excluding hydrogens is 755 g/mol. The van der Waals surface area contributed by atoms with Crippen LogP contribution < -0.4 is 23.7 Å². The molecule has 0 spiro atoms. The molecule has 5 nitrogen and oxygen atoms in total. The molecule has 0 aromatic heterocycles. The molecule has 3 unspecified atom stereocenters. The van der Waals surface area contributed by atoms with Crippen molar-refractivity contribution < 1.29 is 14.3 Å². The Morgan fingerprint density at radius 1 is 0.894 bits per heavy atom. The van der Waals surface area contributed by atoms with E-state index in [2.05, 4.69) is 108 Å². The quantitative estimate of drug-likeness (QED) is 0.119. The van der Waals surface area contributed by atoms with Crippen LogP contribution in [0.5, 0.6) is 11.5 Å². The fourth-order valence-electron chi connectivity index (χ4n) is 8.03. The molecule has 1 aliphatic carbocycles. The summed E-state index contributed by atoms with van der Waals surface area (Å²) in [7, 11) is 0. The van der Waals surface area contributed by atoms with Crippen molar-refractivity contribution in [2.24, 2.45) is 5.92 Å². The molecule has 47 heavy (non-hydrogen) atoms. The molecule has 2 heterocycles. The van der Waals surface area contributed by atoms with Crippen LogP contribution >= 0.6 is 15.9 Å². The second-order valence-corrected chi connectivity index (χ2v) is 27.9. The van der Waals surface area contributed by atoms with Crippen LogP contribution in [0.2, 0.25) is 13.3 Å². The van der Waals surface area contributed by atoms with Gasteiger partial charge >= 0.3 is 194 Å². The van der Waals surface area contributed by atoms with E-state index in [9.17, 15) is 4.79 Å². The van der Waals surface area contributed by atoms with E-state index in [0.717, 1.165) is 34.4 Å². The first-order valence-electron chi connectivity index (χ1n) is 18.0. The molecule has 0 radical (unpaired) electrons. The number of unbranched alkanes of at least 4 members (excludes halogenated alkanes) is 3. The van der Waals surface area contributed by atoms with Crippen LogP contribution in [0.1, 0.15) is 105 Å². The average molecular weight is 806 g/mol. The number of halogens is 1. The predicted molar refractivity (Wildman–Crippen MR) is 200 cm³/mol. The third-order valence-electron chi connectivity index (χ3n) is 10.7. The third-order valence-corrected chi connectivity index (χ3v) is 27.1.